The van der Waals surface area contributed by atoms with Gasteiger partial charge in [0.15, 0.2) is 5.60 Å². The van der Waals surface area contributed by atoms with Crippen LogP contribution in [0.1, 0.15) is 6.42 Å². The Hall–Kier alpha value is -0.864. The second-order valence-electron chi connectivity index (χ2n) is 2.86. The van der Waals surface area contributed by atoms with Crippen molar-refractivity contribution in [1.29, 1.82) is 0 Å². The van der Waals surface area contributed by atoms with Gasteiger partial charge in [-0.2, -0.15) is 0 Å². The van der Waals surface area contributed by atoms with Gasteiger partial charge in [0, 0.05) is 0 Å². The van der Waals surface area contributed by atoms with Gasteiger partial charge in [-0.05, 0) is 4.05 Å². The summed E-state index contributed by atoms with van der Waals surface area (Å²) in [4.78, 5) is 31.2. The molecule has 0 aliphatic heterocycles. The number of aliphatic carboxylic acids is 3. The van der Waals surface area contributed by atoms with Crippen molar-refractivity contribution in [2.24, 2.45) is 0 Å². The van der Waals surface area contributed by atoms with Crippen molar-refractivity contribution < 1.29 is 34.8 Å². The number of rotatable bonds is 5. The first-order valence-corrected chi connectivity index (χ1v) is 4.77. The zero-order valence-corrected chi connectivity index (χ0v) is 9.30. The monoisotopic (exact) mass is 216 g/mol. The molecule has 0 aliphatic rings. The predicted octanol–water partition coefficient (Wildman–Crippen LogP) is -1.95. The third-order valence-electron chi connectivity index (χ3n) is 1.88. The third kappa shape index (κ3) is 2.82. The predicted molar refractivity (Wildman–Crippen MR) is 43.4 cm³/mol. The molecule has 0 bridgehead atoms. The Labute approximate surface area is 90.8 Å². The van der Waals surface area contributed by atoms with Crippen LogP contribution in [-0.2, 0) is 14.4 Å². The summed E-state index contributed by atoms with van der Waals surface area (Å²) in [6.45, 7) is 0. The maximum absolute atomic E-state index is 10.5. The van der Waals surface area contributed by atoms with E-state index in [1.807, 2.05) is 0 Å². The molecule has 0 saturated carbocycles. The summed E-state index contributed by atoms with van der Waals surface area (Å²) in [5.41, 5.74) is -2.72. The SMILES string of the molecule is O=C(O)CC(O)(C(=O)O)[CH]([MgH])C(=O)O. The van der Waals surface area contributed by atoms with Gasteiger partial charge in [-0.1, -0.05) is 0 Å². The molecule has 0 aromatic rings. The highest BCUT2D eigenvalue weighted by Crippen LogP contribution is 2.25. The Morgan fingerprint density at radius 1 is 1.21 bits per heavy atom. The first kappa shape index (κ1) is 13.1. The molecule has 7 nitrogen and oxygen atoms in total. The van der Waals surface area contributed by atoms with Crippen LogP contribution >= 0.6 is 0 Å². The molecule has 2 atom stereocenters. The number of hydrogen-bond acceptors (Lipinski definition) is 4. The quantitative estimate of drug-likeness (QED) is 0.393. The minimum Gasteiger partial charge on any atom is -0.483 e. The van der Waals surface area contributed by atoms with Crippen LogP contribution < -0.4 is 0 Å². The van der Waals surface area contributed by atoms with Crippen LogP contribution in [0.5, 0.6) is 0 Å². The average molecular weight is 216 g/mol. The number of carboxylic acids is 3. The second-order valence-corrected chi connectivity index (χ2v) is 4.01. The van der Waals surface area contributed by atoms with E-state index in [4.69, 9.17) is 15.3 Å². The van der Waals surface area contributed by atoms with Gasteiger partial charge in [0.2, 0.25) is 0 Å². The summed E-state index contributed by atoms with van der Waals surface area (Å²) in [5, 5.41) is 34.7. The summed E-state index contributed by atoms with van der Waals surface area (Å²) in [5.74, 6) is -4.90. The zero-order chi connectivity index (χ0) is 11.5. The molecule has 2 unspecified atom stereocenters. The molecule has 0 fully saturated rings. The topological polar surface area (TPSA) is 132 Å². The molecule has 0 amide bonds. The summed E-state index contributed by atoms with van der Waals surface area (Å²) in [6.07, 6.45) is -1.12. The molecule has 0 heterocycles. The smallest absolute Gasteiger partial charge is 0.368 e. The minimum absolute atomic E-state index is 0.159. The lowest BCUT2D eigenvalue weighted by atomic mass is 9.95. The Bertz CT molecular complexity index is 275. The highest BCUT2D eigenvalue weighted by atomic mass is 24.4. The first-order chi connectivity index (χ1) is 6.21. The fourth-order valence-electron chi connectivity index (χ4n) is 0.849. The minimum atomic E-state index is -2.72. The van der Waals surface area contributed by atoms with E-state index in [0.29, 0.717) is 0 Å². The van der Waals surface area contributed by atoms with Crippen LogP contribution in [0.3, 0.4) is 0 Å². The maximum atomic E-state index is 10.5. The van der Waals surface area contributed by atoms with Crippen molar-refractivity contribution in [2.45, 2.75) is 16.1 Å². The first-order valence-electron chi connectivity index (χ1n) is 3.62. The molecule has 4 N–H and O–H groups in total. The van der Waals surface area contributed by atoms with Crippen molar-refractivity contribution in [1.82, 2.24) is 0 Å². The van der Waals surface area contributed by atoms with Crippen LogP contribution in [-0.4, -0.2) is 65.6 Å². The molecule has 76 valence electrons. The normalized spacial score (nSPS) is 16.6. The van der Waals surface area contributed by atoms with Crippen molar-refractivity contribution in [3.05, 3.63) is 0 Å². The van der Waals surface area contributed by atoms with Crippen molar-refractivity contribution in [3.63, 3.8) is 0 Å². The number of hydrogen-bond donors (Lipinski definition) is 4. The lowest BCUT2D eigenvalue weighted by Gasteiger charge is -2.26. The standard InChI is InChI=1S/C6H7O7.Mg.H/c7-3(8)1-6(13,5(11)12)2-4(9)10;;/h1,13H,2H2,(H,7,8)(H,9,10)(H,11,12);;. The highest BCUT2D eigenvalue weighted by molar-refractivity contribution is 6.25. The van der Waals surface area contributed by atoms with E-state index in [1.54, 1.807) is 0 Å². The van der Waals surface area contributed by atoms with Crippen molar-refractivity contribution >= 4 is 39.6 Å². The Morgan fingerprint density at radius 2 is 1.64 bits per heavy atom. The molecule has 0 aromatic heterocycles. The van der Waals surface area contributed by atoms with E-state index in [-0.39, 0.29) is 21.7 Å². The van der Waals surface area contributed by atoms with E-state index in [9.17, 15) is 19.5 Å². The number of carbonyl (C=O) groups is 3. The fourth-order valence-corrected chi connectivity index (χ4v) is 1.30. The van der Waals surface area contributed by atoms with Crippen LogP contribution in [0, 0.1) is 0 Å². The molecule has 0 aromatic carbocycles. The summed E-state index contributed by atoms with van der Waals surface area (Å²) < 4.78 is -1.56. The summed E-state index contributed by atoms with van der Waals surface area (Å²) in [7, 11) is 0. The van der Waals surface area contributed by atoms with Crippen molar-refractivity contribution in [2.75, 3.05) is 0 Å². The van der Waals surface area contributed by atoms with Crippen LogP contribution in [0.4, 0.5) is 0 Å². The summed E-state index contributed by atoms with van der Waals surface area (Å²) in [6, 6.07) is 0. The number of aliphatic hydroxyl groups is 1. The van der Waals surface area contributed by atoms with E-state index < -0.39 is 34.0 Å². The van der Waals surface area contributed by atoms with E-state index in [0.717, 1.165) is 0 Å². The Morgan fingerprint density at radius 3 is 1.86 bits per heavy atom. The molecule has 14 heavy (non-hydrogen) atoms. The molecule has 0 aliphatic carbocycles. The molecule has 0 saturated heterocycles. The molecular weight excluding hydrogens is 208 g/mol. The average Bonchev–Trinajstić information content (AvgIpc) is 2.00. The van der Waals surface area contributed by atoms with E-state index >= 15 is 0 Å². The van der Waals surface area contributed by atoms with Crippen molar-refractivity contribution in [3.8, 4) is 0 Å². The van der Waals surface area contributed by atoms with Crippen LogP contribution in [0.25, 0.3) is 0 Å². The lowest BCUT2D eigenvalue weighted by Crippen LogP contribution is -2.47. The van der Waals surface area contributed by atoms with Gasteiger partial charge in [0.05, 0.1) is 6.42 Å². The molecule has 0 rings (SSSR count). The number of carboxylic acid groups (broad SMARTS) is 3. The van der Waals surface area contributed by atoms with E-state index in [2.05, 4.69) is 0 Å². The molecular formula is C6H8MgO7. The summed E-state index contributed by atoms with van der Waals surface area (Å²) >= 11 is -0.159. The fraction of sp³-hybridized carbons (Fsp3) is 0.500. The van der Waals surface area contributed by atoms with Gasteiger partial charge in [-0.3, -0.25) is 9.59 Å². The van der Waals surface area contributed by atoms with Gasteiger partial charge in [-0.25, -0.2) is 4.79 Å². The Kier molecular flexibility index (Phi) is 4.29. The Balaban J connectivity index is 4.99. The van der Waals surface area contributed by atoms with Gasteiger partial charge < -0.3 is 20.4 Å². The van der Waals surface area contributed by atoms with Gasteiger partial charge in [0.1, 0.15) is 0 Å². The van der Waals surface area contributed by atoms with Crippen LogP contribution in [0.15, 0.2) is 0 Å². The van der Waals surface area contributed by atoms with Crippen LogP contribution in [0.2, 0.25) is 4.05 Å². The van der Waals surface area contributed by atoms with Gasteiger partial charge in [-0.15, -0.1) is 0 Å². The molecule has 8 heteroatoms. The van der Waals surface area contributed by atoms with Gasteiger partial charge >= 0.3 is 33.6 Å². The highest BCUT2D eigenvalue weighted by Gasteiger charge is 2.45. The largest absolute Gasteiger partial charge is 0.483 e. The van der Waals surface area contributed by atoms with E-state index in [1.165, 1.54) is 0 Å². The molecule has 0 spiro atoms. The molecule has 0 radical (unpaired) electrons. The second kappa shape index (κ2) is 4.58. The maximum Gasteiger partial charge on any atom is 0.368 e. The zero-order valence-electron chi connectivity index (χ0n) is 7.30. The van der Waals surface area contributed by atoms with Gasteiger partial charge in [0.25, 0.3) is 5.97 Å². The third-order valence-corrected chi connectivity index (χ3v) is 3.33. The lowest BCUT2D eigenvalue weighted by molar-refractivity contribution is -0.170.